The average Bonchev–Trinajstić information content (AvgIpc) is 2.29. The number of aromatic nitrogens is 1. The highest BCUT2D eigenvalue weighted by molar-refractivity contribution is 7.92. The number of thiazole rings is 1. The fourth-order valence-corrected chi connectivity index (χ4v) is 2.45. The standard InChI is InChI=1S/C5H3ClN2O2S2/c1-12(9,10)5-8-4(6)3(2-7)11-5/h1H3. The van der Waals surface area contributed by atoms with Gasteiger partial charge in [0.05, 0.1) is 0 Å². The van der Waals surface area contributed by atoms with E-state index in [2.05, 4.69) is 4.98 Å². The number of halogens is 1. The van der Waals surface area contributed by atoms with E-state index in [0.717, 1.165) is 17.6 Å². The molecule has 12 heavy (non-hydrogen) atoms. The maximum Gasteiger partial charge on any atom is 0.211 e. The summed E-state index contributed by atoms with van der Waals surface area (Å²) in [6.07, 6.45) is 1.02. The molecule has 0 aliphatic heterocycles. The molecule has 0 saturated heterocycles. The van der Waals surface area contributed by atoms with Gasteiger partial charge in [0.25, 0.3) is 0 Å². The summed E-state index contributed by atoms with van der Waals surface area (Å²) in [4.78, 5) is 3.65. The summed E-state index contributed by atoms with van der Waals surface area (Å²) in [7, 11) is -3.34. The second-order valence-electron chi connectivity index (χ2n) is 1.98. The average molecular weight is 223 g/mol. The Kier molecular flexibility index (Phi) is 2.37. The third-order valence-corrected chi connectivity index (χ3v) is 4.01. The lowest BCUT2D eigenvalue weighted by molar-refractivity contribution is 0.601. The van der Waals surface area contributed by atoms with Crippen molar-refractivity contribution in [1.29, 1.82) is 5.26 Å². The molecular weight excluding hydrogens is 220 g/mol. The Bertz CT molecular complexity index is 443. The quantitative estimate of drug-likeness (QED) is 0.713. The molecule has 64 valence electrons. The predicted octanol–water partition coefficient (Wildman–Crippen LogP) is 1.07. The minimum absolute atomic E-state index is 0.0528. The molecule has 0 unspecified atom stereocenters. The molecule has 0 spiro atoms. The highest BCUT2D eigenvalue weighted by Gasteiger charge is 2.16. The second-order valence-corrected chi connectivity index (χ2v) is 5.53. The minimum atomic E-state index is -3.34. The van der Waals surface area contributed by atoms with Gasteiger partial charge in [-0.1, -0.05) is 22.9 Å². The molecule has 1 heterocycles. The second kappa shape index (κ2) is 3.01. The molecule has 1 rings (SSSR count). The first kappa shape index (κ1) is 9.45. The first-order valence-corrected chi connectivity index (χ1v) is 5.80. The third kappa shape index (κ3) is 1.75. The van der Waals surface area contributed by atoms with Gasteiger partial charge in [0, 0.05) is 6.26 Å². The molecule has 4 nitrogen and oxygen atoms in total. The van der Waals surface area contributed by atoms with Gasteiger partial charge in [-0.2, -0.15) is 5.26 Å². The number of sulfone groups is 1. The number of rotatable bonds is 1. The molecule has 1 aromatic heterocycles. The fourth-order valence-electron chi connectivity index (χ4n) is 0.511. The van der Waals surface area contributed by atoms with Gasteiger partial charge in [0.15, 0.2) is 5.15 Å². The van der Waals surface area contributed by atoms with Crippen LogP contribution in [0.3, 0.4) is 0 Å². The minimum Gasteiger partial charge on any atom is -0.222 e. The van der Waals surface area contributed by atoms with Crippen molar-refractivity contribution in [3.05, 3.63) is 10.0 Å². The maximum atomic E-state index is 10.9. The van der Waals surface area contributed by atoms with Crippen LogP contribution in [0.1, 0.15) is 4.88 Å². The molecule has 0 radical (unpaired) electrons. The monoisotopic (exact) mass is 222 g/mol. The molecule has 0 saturated carbocycles. The maximum absolute atomic E-state index is 10.9. The van der Waals surface area contributed by atoms with Gasteiger partial charge in [-0.3, -0.25) is 0 Å². The zero-order valence-electron chi connectivity index (χ0n) is 5.91. The summed E-state index contributed by atoms with van der Waals surface area (Å²) < 4.78 is 21.7. The Morgan fingerprint density at radius 3 is 2.50 bits per heavy atom. The first-order valence-electron chi connectivity index (χ1n) is 2.71. The van der Waals surface area contributed by atoms with Crippen LogP contribution >= 0.6 is 22.9 Å². The van der Waals surface area contributed by atoms with Crippen molar-refractivity contribution in [2.24, 2.45) is 0 Å². The van der Waals surface area contributed by atoms with Crippen molar-refractivity contribution in [1.82, 2.24) is 4.98 Å². The molecule has 0 aliphatic carbocycles. The Morgan fingerprint density at radius 1 is 1.67 bits per heavy atom. The first-order chi connectivity index (χ1) is 5.45. The van der Waals surface area contributed by atoms with E-state index in [0.29, 0.717) is 0 Å². The molecule has 1 aromatic rings. The van der Waals surface area contributed by atoms with E-state index in [1.165, 1.54) is 0 Å². The van der Waals surface area contributed by atoms with Gasteiger partial charge in [-0.05, 0) is 0 Å². The number of nitriles is 1. The van der Waals surface area contributed by atoms with Crippen LogP contribution in [0.2, 0.25) is 5.15 Å². The molecule has 0 amide bonds. The fraction of sp³-hybridized carbons (Fsp3) is 0.200. The lowest BCUT2D eigenvalue weighted by atomic mass is 10.6. The molecule has 0 aliphatic rings. The van der Waals surface area contributed by atoms with Gasteiger partial charge in [0.2, 0.25) is 14.2 Å². The summed E-state index contributed by atoms with van der Waals surface area (Å²) in [6.45, 7) is 0. The molecule has 0 N–H and O–H groups in total. The lowest BCUT2D eigenvalue weighted by Crippen LogP contribution is -1.94. The van der Waals surface area contributed by atoms with E-state index < -0.39 is 9.84 Å². The van der Waals surface area contributed by atoms with Crippen LogP contribution in [0.4, 0.5) is 0 Å². The number of hydrogen-bond donors (Lipinski definition) is 0. The molecule has 0 bridgehead atoms. The zero-order valence-corrected chi connectivity index (χ0v) is 8.29. The van der Waals surface area contributed by atoms with Crippen molar-refractivity contribution in [2.75, 3.05) is 6.26 Å². The van der Waals surface area contributed by atoms with Crippen LogP contribution in [0.15, 0.2) is 4.34 Å². The zero-order chi connectivity index (χ0) is 9.35. The Labute approximate surface area is 78.3 Å². The van der Waals surface area contributed by atoms with Crippen molar-refractivity contribution in [3.63, 3.8) is 0 Å². The summed E-state index contributed by atoms with van der Waals surface area (Å²) in [6, 6.07) is 1.75. The van der Waals surface area contributed by atoms with Crippen LogP contribution in [-0.4, -0.2) is 19.7 Å². The summed E-state index contributed by atoms with van der Waals surface area (Å²) >= 11 is 6.24. The van der Waals surface area contributed by atoms with Gasteiger partial charge in [-0.25, -0.2) is 13.4 Å². The number of hydrogen-bond acceptors (Lipinski definition) is 5. The molecule has 0 fully saturated rings. The summed E-state index contributed by atoms with van der Waals surface area (Å²) in [5.74, 6) is 0. The number of nitrogens with zero attached hydrogens (tertiary/aromatic N) is 2. The topological polar surface area (TPSA) is 70.8 Å². The highest BCUT2D eigenvalue weighted by Crippen LogP contribution is 2.24. The van der Waals surface area contributed by atoms with Crippen molar-refractivity contribution in [3.8, 4) is 6.07 Å². The van der Waals surface area contributed by atoms with Crippen molar-refractivity contribution >= 4 is 32.8 Å². The SMILES string of the molecule is CS(=O)(=O)c1nc(Cl)c(C#N)s1. The van der Waals surface area contributed by atoms with Gasteiger partial charge >= 0.3 is 0 Å². The molecule has 7 heteroatoms. The largest absolute Gasteiger partial charge is 0.222 e. The van der Waals surface area contributed by atoms with E-state index in [-0.39, 0.29) is 14.4 Å². The normalized spacial score (nSPS) is 11.1. The molecule has 0 aromatic carbocycles. The predicted molar refractivity (Wildman–Crippen MR) is 44.9 cm³/mol. The van der Waals surface area contributed by atoms with E-state index in [1.54, 1.807) is 6.07 Å². The van der Waals surface area contributed by atoms with Crippen LogP contribution in [0.25, 0.3) is 0 Å². The van der Waals surface area contributed by atoms with Crippen LogP contribution in [0.5, 0.6) is 0 Å². The van der Waals surface area contributed by atoms with Crippen LogP contribution < -0.4 is 0 Å². The Hall–Kier alpha value is -0.640. The van der Waals surface area contributed by atoms with E-state index >= 15 is 0 Å². The van der Waals surface area contributed by atoms with Gasteiger partial charge in [-0.15, -0.1) is 0 Å². The Morgan fingerprint density at radius 2 is 2.25 bits per heavy atom. The highest BCUT2D eigenvalue weighted by atomic mass is 35.5. The summed E-state index contributed by atoms with van der Waals surface area (Å²) in [5.41, 5.74) is 0. The van der Waals surface area contributed by atoms with Gasteiger partial charge < -0.3 is 0 Å². The molecule has 0 atom stereocenters. The molecular formula is C5H3ClN2O2S2. The smallest absolute Gasteiger partial charge is 0.211 e. The third-order valence-electron chi connectivity index (χ3n) is 0.985. The van der Waals surface area contributed by atoms with Crippen LogP contribution in [0, 0.1) is 11.3 Å². The van der Waals surface area contributed by atoms with E-state index in [9.17, 15) is 8.42 Å². The van der Waals surface area contributed by atoms with E-state index in [4.69, 9.17) is 16.9 Å². The lowest BCUT2D eigenvalue weighted by Gasteiger charge is -1.85. The van der Waals surface area contributed by atoms with Crippen molar-refractivity contribution in [2.45, 2.75) is 4.34 Å². The van der Waals surface area contributed by atoms with E-state index in [1.807, 2.05) is 0 Å². The van der Waals surface area contributed by atoms with Crippen LogP contribution in [-0.2, 0) is 9.84 Å². The summed E-state index contributed by atoms with van der Waals surface area (Å²) in [5, 5.41) is 8.39. The van der Waals surface area contributed by atoms with Gasteiger partial charge in [0.1, 0.15) is 10.9 Å². The Balaban J connectivity index is 3.35. The van der Waals surface area contributed by atoms with Crippen molar-refractivity contribution < 1.29 is 8.42 Å².